The van der Waals surface area contributed by atoms with Crippen molar-refractivity contribution in [2.24, 2.45) is 0 Å². The molecule has 0 N–H and O–H groups in total. The van der Waals surface area contributed by atoms with E-state index in [2.05, 4.69) is 6.92 Å². The number of thiocarbonyl (C=S) groups is 1. The quantitative estimate of drug-likeness (QED) is 0.211. The van der Waals surface area contributed by atoms with Crippen LogP contribution in [0.15, 0.2) is 84.9 Å². The smallest absolute Gasteiger partial charge is 0.359 e. The zero-order valence-corrected chi connectivity index (χ0v) is 18.6. The number of hydrogen-bond acceptors (Lipinski definition) is 6. The van der Waals surface area contributed by atoms with Gasteiger partial charge in [0.15, 0.2) is 0 Å². The van der Waals surface area contributed by atoms with Crippen LogP contribution in [0.3, 0.4) is 0 Å². The lowest BCUT2D eigenvalue weighted by Gasteiger charge is -2.22. The van der Waals surface area contributed by atoms with E-state index in [1.165, 1.54) is 26.8 Å². The Morgan fingerprint density at radius 3 is 1.74 bits per heavy atom. The second-order valence-electron chi connectivity index (χ2n) is 5.57. The minimum atomic E-state index is -2.72. The molecule has 0 aliphatic heterocycles. The first-order valence-electron chi connectivity index (χ1n) is 8.11. The Labute approximate surface area is 178 Å². The summed E-state index contributed by atoms with van der Waals surface area (Å²) in [7, 11) is 2.80. The van der Waals surface area contributed by atoms with Crippen LogP contribution in [0, 0.1) is 6.92 Å². The van der Waals surface area contributed by atoms with Crippen LogP contribution in [0.5, 0.6) is 11.5 Å². The van der Waals surface area contributed by atoms with Gasteiger partial charge in [-0.1, -0.05) is 78.4 Å². The van der Waals surface area contributed by atoms with Gasteiger partial charge in [-0.2, -0.15) is 0 Å². The van der Waals surface area contributed by atoms with Gasteiger partial charge < -0.3 is 9.05 Å². The largest absolute Gasteiger partial charge is 0.428 e. The predicted octanol–water partition coefficient (Wildman–Crippen LogP) is 7.43. The average Bonchev–Trinajstić information content (AvgIpc) is 2.68. The Morgan fingerprint density at radius 1 is 0.778 bits per heavy atom. The van der Waals surface area contributed by atoms with Crippen molar-refractivity contribution in [3.05, 3.63) is 96.1 Å². The first-order chi connectivity index (χ1) is 13.0. The van der Waals surface area contributed by atoms with E-state index in [1.807, 2.05) is 84.9 Å². The summed E-state index contributed by atoms with van der Waals surface area (Å²) in [4.78, 5) is 0. The highest BCUT2D eigenvalue weighted by Crippen LogP contribution is 2.65. The summed E-state index contributed by atoms with van der Waals surface area (Å²) in [5.74, 6) is 1.37. The molecule has 0 saturated carbocycles. The van der Waals surface area contributed by atoms with Crippen LogP contribution in [0.25, 0.3) is 0 Å². The molecule has 0 saturated heterocycles. The Morgan fingerprint density at radius 2 is 1.26 bits per heavy atom. The Balaban J connectivity index is 1.75. The van der Waals surface area contributed by atoms with Crippen molar-refractivity contribution in [1.82, 2.24) is 0 Å². The molecule has 0 aliphatic rings. The third-order valence-electron chi connectivity index (χ3n) is 3.41. The molecule has 7 heteroatoms. The summed E-state index contributed by atoms with van der Waals surface area (Å²) in [6, 6.07) is 27.1. The minimum absolute atomic E-state index is 0.686. The van der Waals surface area contributed by atoms with Gasteiger partial charge in [0.2, 0.25) is 0 Å². The minimum Gasteiger partial charge on any atom is -0.428 e. The number of para-hydroxylation sites is 2. The van der Waals surface area contributed by atoms with Crippen molar-refractivity contribution < 1.29 is 9.05 Å². The van der Waals surface area contributed by atoms with Crippen LogP contribution in [0.1, 0.15) is 11.1 Å². The number of benzene rings is 3. The zero-order chi connectivity index (χ0) is 19.1. The highest BCUT2D eigenvalue weighted by atomic mass is 33.4. The van der Waals surface area contributed by atoms with E-state index in [0.717, 1.165) is 9.76 Å². The molecule has 0 amide bonds. The molecule has 0 aliphatic carbocycles. The van der Waals surface area contributed by atoms with Gasteiger partial charge in [-0.25, -0.2) is 0 Å². The van der Waals surface area contributed by atoms with Crippen molar-refractivity contribution in [2.75, 3.05) is 0 Å². The number of aryl methyl sites for hydroxylation is 1. The fraction of sp³-hybridized carbons (Fsp3) is 0.0500. The van der Waals surface area contributed by atoms with Crippen molar-refractivity contribution >= 4 is 55.1 Å². The molecule has 2 nitrogen and oxygen atoms in total. The number of hydrogen-bond donors (Lipinski definition) is 0. The molecule has 0 aromatic heterocycles. The monoisotopic (exact) mass is 448 g/mol. The Bertz CT molecular complexity index is 886. The van der Waals surface area contributed by atoms with Crippen molar-refractivity contribution in [1.29, 1.82) is 0 Å². The third-order valence-corrected chi connectivity index (χ3v) is 11.9. The van der Waals surface area contributed by atoms with E-state index >= 15 is 0 Å². The maximum absolute atomic E-state index is 6.10. The molecule has 0 spiro atoms. The van der Waals surface area contributed by atoms with Gasteiger partial charge in [0.1, 0.15) is 11.5 Å². The van der Waals surface area contributed by atoms with Gasteiger partial charge in [0.05, 0.1) is 4.20 Å². The molecule has 3 aromatic rings. The number of rotatable bonds is 7. The van der Waals surface area contributed by atoms with Crippen molar-refractivity contribution in [2.45, 2.75) is 6.92 Å². The third kappa shape index (κ3) is 6.37. The lowest BCUT2D eigenvalue weighted by atomic mass is 10.2. The summed E-state index contributed by atoms with van der Waals surface area (Å²) in [5.41, 5.74) is -0.529. The highest BCUT2D eigenvalue weighted by Gasteiger charge is 2.26. The maximum atomic E-state index is 6.10. The van der Waals surface area contributed by atoms with Crippen LogP contribution < -0.4 is 9.05 Å². The highest BCUT2D eigenvalue weighted by molar-refractivity contribution is 9.06. The fourth-order valence-corrected chi connectivity index (χ4v) is 9.08. The van der Waals surface area contributed by atoms with Crippen LogP contribution in [-0.2, 0) is 11.8 Å². The van der Waals surface area contributed by atoms with Gasteiger partial charge in [0.25, 0.3) is 0 Å². The summed E-state index contributed by atoms with van der Waals surface area (Å²) >= 11 is 11.4. The fourth-order valence-electron chi connectivity index (χ4n) is 2.09. The van der Waals surface area contributed by atoms with Crippen LogP contribution >= 0.6 is 39.1 Å². The standard InChI is InChI=1S/C20H17O2PS4/c1-16-12-14-17(15-13-16)20(24)26-27-23(25,21-18-8-4-2-5-9-18)22-19-10-6-3-7-11-19/h2-15H,1H3. The van der Waals surface area contributed by atoms with Gasteiger partial charge in [-0.05, 0) is 47.5 Å². The second kappa shape index (κ2) is 9.76. The van der Waals surface area contributed by atoms with Gasteiger partial charge in [-0.3, -0.25) is 0 Å². The molecule has 0 atom stereocenters. The topological polar surface area (TPSA) is 18.5 Å². The first-order valence-corrected chi connectivity index (χ1v) is 13.9. The molecule has 0 fully saturated rings. The lowest BCUT2D eigenvalue weighted by Crippen LogP contribution is -1.98. The van der Waals surface area contributed by atoms with Gasteiger partial charge >= 0.3 is 5.69 Å². The molecule has 138 valence electrons. The molecular formula is C20H17O2PS4. The van der Waals surface area contributed by atoms with E-state index in [0.29, 0.717) is 11.5 Å². The normalized spacial score (nSPS) is 11.0. The molecule has 3 aromatic carbocycles. The molecule has 27 heavy (non-hydrogen) atoms. The summed E-state index contributed by atoms with van der Waals surface area (Å²) in [6.45, 7) is 2.05. The average molecular weight is 449 g/mol. The van der Waals surface area contributed by atoms with Crippen molar-refractivity contribution in [3.63, 3.8) is 0 Å². The van der Waals surface area contributed by atoms with Gasteiger partial charge in [0, 0.05) is 22.2 Å². The van der Waals surface area contributed by atoms with E-state index < -0.39 is 5.69 Å². The van der Waals surface area contributed by atoms with E-state index in [9.17, 15) is 0 Å². The van der Waals surface area contributed by atoms with E-state index in [4.69, 9.17) is 33.1 Å². The van der Waals surface area contributed by atoms with Crippen LogP contribution in [0.4, 0.5) is 0 Å². The molecular weight excluding hydrogens is 431 g/mol. The first kappa shape index (κ1) is 20.4. The zero-order valence-electron chi connectivity index (χ0n) is 14.5. The molecule has 0 heterocycles. The molecule has 0 unspecified atom stereocenters. The molecule has 3 rings (SSSR count). The van der Waals surface area contributed by atoms with Crippen molar-refractivity contribution in [3.8, 4) is 11.5 Å². The Kier molecular flexibility index (Phi) is 7.39. The van der Waals surface area contributed by atoms with Crippen LogP contribution in [0.2, 0.25) is 0 Å². The second-order valence-corrected chi connectivity index (χ2v) is 14.1. The lowest BCUT2D eigenvalue weighted by molar-refractivity contribution is 0.507. The molecule has 0 radical (unpaired) electrons. The Hall–Kier alpha value is -1.30. The summed E-state index contributed by atoms with van der Waals surface area (Å²) in [6.07, 6.45) is 0. The van der Waals surface area contributed by atoms with Gasteiger partial charge in [-0.15, -0.1) is 0 Å². The summed E-state index contributed by atoms with van der Waals surface area (Å²) in [5, 5.41) is 0. The maximum Gasteiger partial charge on any atom is 0.359 e. The SMILES string of the molecule is Cc1ccc(C(=S)SSP(=S)(Oc2ccccc2)Oc2ccccc2)cc1. The van der Waals surface area contributed by atoms with Crippen LogP contribution in [-0.4, -0.2) is 4.20 Å². The van der Waals surface area contributed by atoms with E-state index in [-0.39, 0.29) is 0 Å². The van der Waals surface area contributed by atoms with E-state index in [1.54, 1.807) is 0 Å². The summed E-state index contributed by atoms with van der Waals surface area (Å²) < 4.78 is 12.9. The molecule has 0 bridgehead atoms. The predicted molar refractivity (Wildman–Crippen MR) is 126 cm³/mol.